The standard InChI is InChI=1S/C11H11N3O4S2.C10H11N3O2S.2CH4/c1-17-5(15)3-19-9-6-7(12)8(11(16)18-2)20-10(6)14-4-13-9;1-3-5-6-7(11)8(10(14)15-2)16-9(6)13-4-12-5;;/h4H,3,12H2,1-2H3;4H,3,11H2,1-2H3;2*1H4. The first kappa shape index (κ1) is 32.5. The molecule has 0 aliphatic heterocycles. The number of fused-ring (bicyclic) bond motifs is 2. The summed E-state index contributed by atoms with van der Waals surface area (Å²) in [6.45, 7) is 1.98. The van der Waals surface area contributed by atoms with Gasteiger partial charge in [-0.15, -0.1) is 22.7 Å². The molecule has 0 bridgehead atoms. The summed E-state index contributed by atoms with van der Waals surface area (Å²) in [6.07, 6.45) is 3.59. The maximum absolute atomic E-state index is 11.6. The van der Waals surface area contributed by atoms with Gasteiger partial charge < -0.3 is 25.7 Å². The topological polar surface area (TPSA) is 182 Å². The highest BCUT2D eigenvalue weighted by molar-refractivity contribution is 8.00. The Labute approximate surface area is 232 Å². The number of rotatable bonds is 6. The number of aryl methyl sites for hydroxylation is 1. The number of nitrogen functional groups attached to an aromatic ring is 2. The number of thiophene rings is 2. The number of methoxy groups -OCH3 is 3. The maximum atomic E-state index is 11.6. The molecule has 4 aromatic rings. The number of aromatic nitrogens is 4. The fraction of sp³-hybridized carbons (Fsp3) is 0.348. The number of carbonyl (C=O) groups excluding carboxylic acids is 3. The summed E-state index contributed by atoms with van der Waals surface area (Å²) in [5.74, 6) is -1.22. The van der Waals surface area contributed by atoms with Crippen molar-refractivity contribution in [2.24, 2.45) is 0 Å². The highest BCUT2D eigenvalue weighted by Crippen LogP contribution is 2.38. The first-order valence-electron chi connectivity index (χ1n) is 10.2. The average Bonchev–Trinajstić information content (AvgIpc) is 3.43. The molecule has 0 saturated carbocycles. The molecule has 4 heterocycles. The Morgan fingerprint density at radius 2 is 1.32 bits per heavy atom. The van der Waals surface area contributed by atoms with Crippen LogP contribution in [-0.4, -0.2) is 64.9 Å². The monoisotopic (exact) mass is 582 g/mol. The van der Waals surface area contributed by atoms with E-state index in [-0.39, 0.29) is 37.1 Å². The van der Waals surface area contributed by atoms with Gasteiger partial charge in [0.25, 0.3) is 0 Å². The van der Waals surface area contributed by atoms with Gasteiger partial charge in [-0.25, -0.2) is 29.5 Å². The molecule has 15 heteroatoms. The highest BCUT2D eigenvalue weighted by atomic mass is 32.2. The Morgan fingerprint density at radius 1 is 0.816 bits per heavy atom. The summed E-state index contributed by atoms with van der Waals surface area (Å²) in [5.41, 5.74) is 13.4. The lowest BCUT2D eigenvalue weighted by Gasteiger charge is -2.02. The molecule has 0 aliphatic carbocycles. The average molecular weight is 583 g/mol. The van der Waals surface area contributed by atoms with Gasteiger partial charge in [-0.3, -0.25) is 4.79 Å². The van der Waals surface area contributed by atoms with Gasteiger partial charge in [-0.2, -0.15) is 0 Å². The molecule has 0 fully saturated rings. The third-order valence-corrected chi connectivity index (χ3v) is 7.88. The second kappa shape index (κ2) is 14.4. The van der Waals surface area contributed by atoms with E-state index >= 15 is 0 Å². The van der Waals surface area contributed by atoms with Crippen LogP contribution in [0.2, 0.25) is 0 Å². The van der Waals surface area contributed by atoms with Crippen LogP contribution in [0, 0.1) is 0 Å². The van der Waals surface area contributed by atoms with Crippen molar-refractivity contribution in [3.05, 3.63) is 28.1 Å². The molecule has 0 aromatic carbocycles. The van der Waals surface area contributed by atoms with Gasteiger partial charge in [0.05, 0.1) is 54.9 Å². The van der Waals surface area contributed by atoms with E-state index in [4.69, 9.17) is 11.5 Å². The number of ether oxygens (including phenoxy) is 3. The molecule has 0 aliphatic rings. The molecule has 0 saturated heterocycles. The van der Waals surface area contributed by atoms with Crippen molar-refractivity contribution in [1.82, 2.24) is 19.9 Å². The molecule has 12 nitrogen and oxygen atoms in total. The first-order valence-corrected chi connectivity index (χ1v) is 12.8. The summed E-state index contributed by atoms with van der Waals surface area (Å²) < 4.78 is 13.9. The number of nitrogens with two attached hydrogens (primary N) is 2. The van der Waals surface area contributed by atoms with Crippen molar-refractivity contribution in [3.8, 4) is 0 Å². The second-order valence-electron chi connectivity index (χ2n) is 6.75. The van der Waals surface area contributed by atoms with Gasteiger partial charge in [0.1, 0.15) is 37.1 Å². The van der Waals surface area contributed by atoms with Crippen molar-refractivity contribution in [2.45, 2.75) is 33.2 Å². The highest BCUT2D eigenvalue weighted by Gasteiger charge is 2.21. The lowest BCUT2D eigenvalue weighted by Crippen LogP contribution is -2.04. The van der Waals surface area contributed by atoms with Crippen molar-refractivity contribution in [2.75, 3.05) is 38.5 Å². The van der Waals surface area contributed by atoms with Crippen LogP contribution >= 0.6 is 34.4 Å². The molecule has 0 radical (unpaired) electrons. The number of hydrogen-bond donors (Lipinski definition) is 2. The number of thioether (sulfide) groups is 1. The predicted octanol–water partition coefficient (Wildman–Crippen LogP) is 4.22. The number of esters is 3. The van der Waals surface area contributed by atoms with Gasteiger partial charge in [-0.1, -0.05) is 33.5 Å². The molecule has 4 N–H and O–H groups in total. The van der Waals surface area contributed by atoms with E-state index in [0.717, 1.165) is 33.7 Å². The van der Waals surface area contributed by atoms with Crippen LogP contribution in [0.4, 0.5) is 11.4 Å². The second-order valence-corrected chi connectivity index (χ2v) is 9.71. The molecule has 0 spiro atoms. The molecular formula is C23H30N6O6S3. The maximum Gasteiger partial charge on any atom is 0.350 e. The Hall–Kier alpha value is -3.56. The van der Waals surface area contributed by atoms with E-state index in [0.29, 0.717) is 25.8 Å². The first-order chi connectivity index (χ1) is 17.3. The van der Waals surface area contributed by atoms with Crippen LogP contribution in [0.25, 0.3) is 20.4 Å². The van der Waals surface area contributed by atoms with E-state index in [2.05, 4.69) is 34.1 Å². The Balaban J connectivity index is 0.000000368. The largest absolute Gasteiger partial charge is 0.468 e. The van der Waals surface area contributed by atoms with Crippen molar-refractivity contribution in [3.63, 3.8) is 0 Å². The molecular weight excluding hydrogens is 552 g/mol. The summed E-state index contributed by atoms with van der Waals surface area (Å²) >= 11 is 3.54. The molecule has 0 atom stereocenters. The van der Waals surface area contributed by atoms with Crippen molar-refractivity contribution >= 4 is 84.2 Å². The predicted molar refractivity (Wildman–Crippen MR) is 152 cm³/mol. The van der Waals surface area contributed by atoms with Crippen LogP contribution in [0.5, 0.6) is 0 Å². The quantitative estimate of drug-likeness (QED) is 0.143. The van der Waals surface area contributed by atoms with E-state index in [1.165, 1.54) is 57.1 Å². The van der Waals surface area contributed by atoms with Gasteiger partial charge >= 0.3 is 17.9 Å². The molecule has 206 valence electrons. The van der Waals surface area contributed by atoms with Gasteiger partial charge in [0.2, 0.25) is 0 Å². The van der Waals surface area contributed by atoms with Crippen LogP contribution in [0.1, 0.15) is 46.8 Å². The number of anilines is 2. The molecule has 4 aromatic heterocycles. The summed E-state index contributed by atoms with van der Waals surface area (Å²) in [4.78, 5) is 52.6. The summed E-state index contributed by atoms with van der Waals surface area (Å²) in [6, 6.07) is 0. The summed E-state index contributed by atoms with van der Waals surface area (Å²) in [7, 11) is 3.93. The SMILES string of the molecule is C.C.CCc1ncnc2sc(C(=O)OC)c(N)c12.COC(=O)CSc1ncnc2sc(C(=O)OC)c(N)c12. The third kappa shape index (κ3) is 6.65. The minimum atomic E-state index is -0.519. The smallest absolute Gasteiger partial charge is 0.350 e. The zero-order valence-corrected chi connectivity index (χ0v) is 22.1. The van der Waals surface area contributed by atoms with Gasteiger partial charge in [-0.05, 0) is 6.42 Å². The van der Waals surface area contributed by atoms with Crippen LogP contribution < -0.4 is 11.5 Å². The lowest BCUT2D eigenvalue weighted by molar-refractivity contribution is -0.137. The third-order valence-electron chi connectivity index (χ3n) is 4.72. The Bertz CT molecular complexity index is 1440. The summed E-state index contributed by atoms with van der Waals surface area (Å²) in [5, 5.41) is 1.87. The van der Waals surface area contributed by atoms with E-state index in [9.17, 15) is 14.4 Å². The van der Waals surface area contributed by atoms with Crippen molar-refractivity contribution in [1.29, 1.82) is 0 Å². The number of hydrogen-bond acceptors (Lipinski definition) is 15. The molecule has 4 rings (SSSR count). The van der Waals surface area contributed by atoms with Crippen LogP contribution in [-0.2, 0) is 25.4 Å². The van der Waals surface area contributed by atoms with Gasteiger partial charge in [0.15, 0.2) is 0 Å². The Kier molecular flexibility index (Phi) is 12.3. The fourth-order valence-electron chi connectivity index (χ4n) is 3.00. The lowest BCUT2D eigenvalue weighted by atomic mass is 10.2. The minimum Gasteiger partial charge on any atom is -0.468 e. The van der Waals surface area contributed by atoms with E-state index in [1.807, 2.05) is 6.92 Å². The van der Waals surface area contributed by atoms with Crippen molar-refractivity contribution < 1.29 is 28.6 Å². The van der Waals surface area contributed by atoms with Gasteiger partial charge in [0, 0.05) is 0 Å². The Morgan fingerprint density at radius 3 is 1.82 bits per heavy atom. The van der Waals surface area contributed by atoms with E-state index < -0.39 is 11.9 Å². The van der Waals surface area contributed by atoms with E-state index in [1.54, 1.807) is 0 Å². The zero-order chi connectivity index (χ0) is 26.4. The molecule has 38 heavy (non-hydrogen) atoms. The number of nitrogens with zero attached hydrogens (tertiary/aromatic N) is 4. The van der Waals surface area contributed by atoms with Crippen LogP contribution in [0.15, 0.2) is 17.7 Å². The number of carbonyl (C=O) groups is 3. The fourth-order valence-corrected chi connectivity index (χ4v) is 5.89. The molecule has 0 unspecified atom stereocenters. The molecule has 0 amide bonds. The normalized spacial score (nSPS) is 10.0. The minimum absolute atomic E-state index is 0. The zero-order valence-electron chi connectivity index (χ0n) is 19.7. The van der Waals surface area contributed by atoms with Crippen LogP contribution in [0.3, 0.4) is 0 Å².